The molecule has 0 radical (unpaired) electrons. The van der Waals surface area contributed by atoms with Crippen molar-refractivity contribution in [3.63, 3.8) is 0 Å². The van der Waals surface area contributed by atoms with Gasteiger partial charge in [-0.3, -0.25) is 4.68 Å². The lowest BCUT2D eigenvalue weighted by Gasteiger charge is -2.27. The maximum absolute atomic E-state index is 11.0. The molecule has 1 atom stereocenters. The number of nitrogens with zero attached hydrogens (tertiary/aromatic N) is 2. The number of hydrogen-bond acceptors (Lipinski definition) is 2. The molecule has 1 aromatic heterocycles. The molecule has 1 unspecified atom stereocenters. The van der Waals surface area contributed by atoms with Crippen LogP contribution in [0.4, 0.5) is 0 Å². The van der Waals surface area contributed by atoms with Gasteiger partial charge in [-0.2, -0.15) is 5.10 Å². The zero-order chi connectivity index (χ0) is 15.5. The molecule has 0 fully saturated rings. The quantitative estimate of drug-likeness (QED) is 0.857. The van der Waals surface area contributed by atoms with Crippen LogP contribution in [0, 0.1) is 6.92 Å². The first-order chi connectivity index (χ1) is 9.99. The van der Waals surface area contributed by atoms with Gasteiger partial charge in [-0.05, 0) is 41.8 Å². The third-order valence-corrected chi connectivity index (χ3v) is 5.01. The third-order valence-electron chi connectivity index (χ3n) is 3.98. The lowest BCUT2D eigenvalue weighted by atomic mass is 9.87. The van der Waals surface area contributed by atoms with Crippen molar-refractivity contribution in [2.24, 2.45) is 0 Å². The predicted octanol–water partition coefficient (Wildman–Crippen LogP) is 3.90. The first kappa shape index (κ1) is 16.2. The molecule has 1 heterocycles. The molecule has 0 aliphatic heterocycles. The van der Waals surface area contributed by atoms with E-state index >= 15 is 0 Å². The summed E-state index contributed by atoms with van der Waals surface area (Å²) in [5, 5.41) is 15.5. The lowest BCUT2D eigenvalue weighted by Crippen LogP contribution is -2.34. The summed E-state index contributed by atoms with van der Waals surface area (Å²) in [6.07, 6.45) is 1.97. The molecule has 0 amide bonds. The van der Waals surface area contributed by atoms with Crippen LogP contribution < -0.4 is 0 Å². The second kappa shape index (κ2) is 6.75. The average Bonchev–Trinajstić information content (AvgIpc) is 2.76. The molecular formula is C17H23BrN2O. The zero-order valence-electron chi connectivity index (χ0n) is 12.9. The number of halogens is 1. The van der Waals surface area contributed by atoms with E-state index in [-0.39, 0.29) is 0 Å². The van der Waals surface area contributed by atoms with Gasteiger partial charge in [-0.15, -0.1) is 0 Å². The Labute approximate surface area is 135 Å². The number of aryl methyl sites for hydroxylation is 2. The van der Waals surface area contributed by atoms with Gasteiger partial charge in [0.15, 0.2) is 0 Å². The Morgan fingerprint density at radius 3 is 2.43 bits per heavy atom. The summed E-state index contributed by atoms with van der Waals surface area (Å²) < 4.78 is 3.00. The minimum Gasteiger partial charge on any atom is -0.389 e. The molecule has 0 aliphatic rings. The molecule has 21 heavy (non-hydrogen) atoms. The molecule has 0 bridgehead atoms. The van der Waals surface area contributed by atoms with E-state index in [4.69, 9.17) is 0 Å². The number of aliphatic hydroxyl groups is 1. The highest BCUT2D eigenvalue weighted by Crippen LogP contribution is 2.28. The van der Waals surface area contributed by atoms with E-state index in [1.807, 2.05) is 36.7 Å². The molecule has 4 heteroatoms. The largest absolute Gasteiger partial charge is 0.389 e. The van der Waals surface area contributed by atoms with Crippen LogP contribution in [0.1, 0.15) is 37.2 Å². The molecule has 3 nitrogen and oxygen atoms in total. The lowest BCUT2D eigenvalue weighted by molar-refractivity contribution is 0.0347. The van der Waals surface area contributed by atoms with E-state index in [0.717, 1.165) is 28.0 Å². The minimum absolute atomic E-state index is 0.605. The Morgan fingerprint density at radius 2 is 1.86 bits per heavy atom. The molecule has 2 aromatic rings. The second-order valence-electron chi connectivity index (χ2n) is 5.58. The number of benzene rings is 1. The third kappa shape index (κ3) is 3.74. The van der Waals surface area contributed by atoms with Gasteiger partial charge in [0.1, 0.15) is 0 Å². The fourth-order valence-corrected chi connectivity index (χ4v) is 3.06. The van der Waals surface area contributed by atoms with Gasteiger partial charge < -0.3 is 5.11 Å². The van der Waals surface area contributed by atoms with E-state index in [1.54, 1.807) is 0 Å². The Bertz CT molecular complexity index is 594. The highest BCUT2D eigenvalue weighted by molar-refractivity contribution is 9.10. The summed E-state index contributed by atoms with van der Waals surface area (Å²) in [4.78, 5) is 0. The minimum atomic E-state index is -0.747. The van der Waals surface area contributed by atoms with Crippen LogP contribution in [-0.2, 0) is 19.4 Å². The van der Waals surface area contributed by atoms with Crippen LogP contribution in [0.25, 0.3) is 0 Å². The monoisotopic (exact) mass is 350 g/mol. The van der Waals surface area contributed by atoms with Crippen molar-refractivity contribution < 1.29 is 5.11 Å². The first-order valence-electron chi connectivity index (χ1n) is 7.47. The Kier molecular flexibility index (Phi) is 5.22. The molecule has 114 valence electrons. The van der Waals surface area contributed by atoms with Gasteiger partial charge in [0.05, 0.1) is 21.5 Å². The Balaban J connectivity index is 2.26. The summed E-state index contributed by atoms with van der Waals surface area (Å²) in [7, 11) is 0. The van der Waals surface area contributed by atoms with Crippen molar-refractivity contribution in [3.8, 4) is 0 Å². The van der Waals surface area contributed by atoms with E-state index in [2.05, 4.69) is 40.1 Å². The molecular weight excluding hydrogens is 328 g/mol. The highest BCUT2D eigenvalue weighted by atomic mass is 79.9. The molecule has 0 saturated carbocycles. The molecule has 0 saturated heterocycles. The number of hydrogen-bond donors (Lipinski definition) is 1. The summed E-state index contributed by atoms with van der Waals surface area (Å²) in [6, 6.07) is 10.2. The van der Waals surface area contributed by atoms with Gasteiger partial charge in [0.2, 0.25) is 0 Å². The number of rotatable bonds is 6. The zero-order valence-corrected chi connectivity index (χ0v) is 14.5. The molecule has 1 aromatic carbocycles. The molecule has 2 rings (SSSR count). The van der Waals surface area contributed by atoms with Crippen molar-refractivity contribution in [2.75, 3.05) is 0 Å². The molecule has 0 aliphatic carbocycles. The summed E-state index contributed by atoms with van der Waals surface area (Å²) in [5.41, 5.74) is 2.47. The van der Waals surface area contributed by atoms with E-state index in [0.29, 0.717) is 19.3 Å². The van der Waals surface area contributed by atoms with Crippen LogP contribution in [0.2, 0.25) is 0 Å². The summed E-state index contributed by atoms with van der Waals surface area (Å²) in [5.74, 6) is 0. The maximum Gasteiger partial charge on any atom is 0.0740 e. The van der Waals surface area contributed by atoms with Crippen molar-refractivity contribution >= 4 is 15.9 Å². The number of aromatic nitrogens is 2. The van der Waals surface area contributed by atoms with E-state index in [9.17, 15) is 5.11 Å². The fraction of sp³-hybridized carbons (Fsp3) is 0.471. The van der Waals surface area contributed by atoms with Crippen LogP contribution in [0.15, 0.2) is 34.8 Å². The van der Waals surface area contributed by atoms with E-state index < -0.39 is 5.60 Å². The Morgan fingerprint density at radius 1 is 1.19 bits per heavy atom. The Hall–Kier alpha value is -1.13. The molecule has 1 N–H and O–H groups in total. The van der Waals surface area contributed by atoms with Gasteiger partial charge >= 0.3 is 0 Å². The summed E-state index contributed by atoms with van der Waals surface area (Å²) >= 11 is 3.61. The molecule has 0 spiro atoms. The predicted molar refractivity (Wildman–Crippen MR) is 89.4 cm³/mol. The van der Waals surface area contributed by atoms with Gasteiger partial charge in [0, 0.05) is 19.4 Å². The van der Waals surface area contributed by atoms with Crippen LogP contribution >= 0.6 is 15.9 Å². The maximum atomic E-state index is 11.0. The second-order valence-corrected chi connectivity index (χ2v) is 6.37. The van der Waals surface area contributed by atoms with Gasteiger partial charge in [-0.25, -0.2) is 0 Å². The van der Waals surface area contributed by atoms with Gasteiger partial charge in [-0.1, -0.05) is 37.3 Å². The smallest absolute Gasteiger partial charge is 0.0740 e. The standard InChI is InChI=1S/C17H23BrN2O/c1-4-17(21,11-14-9-7-6-8-10-14)12-15-16(18)13(3)19-20(15)5-2/h6-10,21H,4-5,11-12H2,1-3H3. The van der Waals surface area contributed by atoms with E-state index in [1.165, 1.54) is 0 Å². The fourth-order valence-electron chi connectivity index (χ4n) is 2.64. The SMILES string of the molecule is CCn1nc(C)c(Br)c1CC(O)(CC)Cc1ccccc1. The highest BCUT2D eigenvalue weighted by Gasteiger charge is 2.29. The summed E-state index contributed by atoms with van der Waals surface area (Å²) in [6.45, 7) is 6.91. The average molecular weight is 351 g/mol. The normalized spacial score (nSPS) is 14.1. The van der Waals surface area contributed by atoms with Gasteiger partial charge in [0.25, 0.3) is 0 Å². The van der Waals surface area contributed by atoms with Crippen LogP contribution in [0.5, 0.6) is 0 Å². The van der Waals surface area contributed by atoms with Crippen molar-refractivity contribution in [1.29, 1.82) is 0 Å². The topological polar surface area (TPSA) is 38.0 Å². The van der Waals surface area contributed by atoms with Crippen molar-refractivity contribution in [2.45, 2.75) is 52.2 Å². The first-order valence-corrected chi connectivity index (χ1v) is 8.26. The van der Waals surface area contributed by atoms with Crippen molar-refractivity contribution in [3.05, 3.63) is 51.8 Å². The van der Waals surface area contributed by atoms with Crippen LogP contribution in [0.3, 0.4) is 0 Å². The van der Waals surface area contributed by atoms with Crippen LogP contribution in [-0.4, -0.2) is 20.5 Å². The van der Waals surface area contributed by atoms with Crippen molar-refractivity contribution in [1.82, 2.24) is 9.78 Å².